The molecule has 1 unspecified atom stereocenters. The van der Waals surface area contributed by atoms with Crippen LogP contribution in [0.3, 0.4) is 0 Å². The van der Waals surface area contributed by atoms with Crippen LogP contribution in [-0.2, 0) is 0 Å². The van der Waals surface area contributed by atoms with Crippen molar-refractivity contribution in [2.75, 3.05) is 0 Å². The van der Waals surface area contributed by atoms with E-state index < -0.39 is 6.10 Å². The third-order valence-corrected chi connectivity index (χ3v) is 2.42. The largest absolute Gasteiger partial charge is 0.383 e. The molecule has 76 valence electrons. The molecular formula is C9H11ClN2OS. The maximum Gasteiger partial charge on any atom is 0.138 e. The molecule has 0 aliphatic carbocycles. The lowest BCUT2D eigenvalue weighted by Gasteiger charge is -2.10. The van der Waals surface area contributed by atoms with Crippen LogP contribution in [0.4, 0.5) is 0 Å². The van der Waals surface area contributed by atoms with E-state index >= 15 is 0 Å². The van der Waals surface area contributed by atoms with Gasteiger partial charge < -0.3 is 5.11 Å². The number of nitrogens with zero attached hydrogens (tertiary/aromatic N) is 2. The molecule has 0 aliphatic heterocycles. The summed E-state index contributed by atoms with van der Waals surface area (Å²) in [5, 5.41) is 10.0. The molecule has 1 heterocycles. The third-order valence-electron chi connectivity index (χ3n) is 1.68. The Morgan fingerprint density at radius 3 is 3.07 bits per heavy atom. The van der Waals surface area contributed by atoms with E-state index in [1.54, 1.807) is 0 Å². The van der Waals surface area contributed by atoms with Crippen LogP contribution in [0.2, 0.25) is 5.15 Å². The number of rotatable bonds is 3. The van der Waals surface area contributed by atoms with Gasteiger partial charge >= 0.3 is 0 Å². The normalized spacial score (nSPS) is 14.1. The minimum Gasteiger partial charge on any atom is -0.383 e. The Bertz CT molecular complexity index is 343. The molecule has 1 aromatic rings. The van der Waals surface area contributed by atoms with Gasteiger partial charge in [0.1, 0.15) is 17.6 Å². The molecule has 1 rings (SSSR count). The summed E-state index contributed by atoms with van der Waals surface area (Å²) >= 11 is 9.95. The molecule has 0 bridgehead atoms. The van der Waals surface area contributed by atoms with E-state index in [9.17, 15) is 5.11 Å². The summed E-state index contributed by atoms with van der Waals surface area (Å²) in [6.45, 7) is 1.96. The van der Waals surface area contributed by atoms with Crippen LogP contribution in [-0.4, -0.2) is 15.1 Å². The standard InChI is InChI=1S/C9H11ClN2OS/c1-2-3-7(14)8(13)6-4-11-5-12-9(6)10/h3-5,8,13-14H,2H2,1H3/b7-3-. The number of halogens is 1. The van der Waals surface area contributed by atoms with Crippen LogP contribution in [0.5, 0.6) is 0 Å². The van der Waals surface area contributed by atoms with Crippen LogP contribution in [0, 0.1) is 0 Å². The van der Waals surface area contributed by atoms with Crippen molar-refractivity contribution in [2.45, 2.75) is 19.4 Å². The van der Waals surface area contributed by atoms with E-state index in [1.807, 2.05) is 13.0 Å². The van der Waals surface area contributed by atoms with Crippen molar-refractivity contribution < 1.29 is 5.11 Å². The summed E-state index contributed by atoms with van der Waals surface area (Å²) in [4.78, 5) is 8.13. The number of aliphatic hydroxyl groups excluding tert-OH is 1. The first-order valence-corrected chi connectivity index (χ1v) is 5.01. The zero-order valence-corrected chi connectivity index (χ0v) is 9.33. The lowest BCUT2D eigenvalue weighted by atomic mass is 10.2. The fraction of sp³-hybridized carbons (Fsp3) is 0.333. The van der Waals surface area contributed by atoms with Crippen molar-refractivity contribution in [1.82, 2.24) is 9.97 Å². The second-order valence-corrected chi connectivity index (χ2v) is 3.58. The molecule has 0 saturated carbocycles. The fourth-order valence-electron chi connectivity index (χ4n) is 0.989. The van der Waals surface area contributed by atoms with Crippen LogP contribution in [0.15, 0.2) is 23.5 Å². The molecule has 0 amide bonds. The van der Waals surface area contributed by atoms with Crippen LogP contribution in [0.1, 0.15) is 25.0 Å². The highest BCUT2D eigenvalue weighted by molar-refractivity contribution is 7.84. The van der Waals surface area contributed by atoms with Gasteiger partial charge in [-0.3, -0.25) is 0 Å². The van der Waals surface area contributed by atoms with Gasteiger partial charge in [0.25, 0.3) is 0 Å². The first-order valence-electron chi connectivity index (χ1n) is 4.19. The van der Waals surface area contributed by atoms with Crippen molar-refractivity contribution >= 4 is 24.2 Å². The first-order chi connectivity index (χ1) is 6.66. The predicted octanol–water partition coefficient (Wildman–Crippen LogP) is 2.39. The lowest BCUT2D eigenvalue weighted by molar-refractivity contribution is 0.224. The summed E-state index contributed by atoms with van der Waals surface area (Å²) in [6, 6.07) is 0. The Morgan fingerprint density at radius 2 is 2.50 bits per heavy atom. The minimum absolute atomic E-state index is 0.253. The number of aromatic nitrogens is 2. The fourth-order valence-corrected chi connectivity index (χ4v) is 1.51. The average Bonchev–Trinajstić information content (AvgIpc) is 2.18. The van der Waals surface area contributed by atoms with E-state index in [0.29, 0.717) is 10.5 Å². The summed E-state index contributed by atoms with van der Waals surface area (Å²) in [6.07, 6.45) is 4.60. The number of hydrogen-bond donors (Lipinski definition) is 2. The second-order valence-electron chi connectivity index (χ2n) is 2.71. The van der Waals surface area contributed by atoms with Gasteiger partial charge in [-0.1, -0.05) is 24.6 Å². The molecule has 5 heteroatoms. The molecule has 1 atom stereocenters. The zero-order valence-electron chi connectivity index (χ0n) is 7.68. The summed E-state index contributed by atoms with van der Waals surface area (Å²) < 4.78 is 0. The van der Waals surface area contributed by atoms with Gasteiger partial charge in [-0.15, -0.1) is 12.6 Å². The molecule has 0 spiro atoms. The SMILES string of the molecule is CC/C=C(\S)C(O)c1cncnc1Cl. The zero-order chi connectivity index (χ0) is 10.6. The van der Waals surface area contributed by atoms with Gasteiger partial charge in [-0.25, -0.2) is 9.97 Å². The van der Waals surface area contributed by atoms with Gasteiger partial charge in [0.05, 0.1) is 0 Å². The lowest BCUT2D eigenvalue weighted by Crippen LogP contribution is -2.00. The Hall–Kier alpha value is -0.580. The topological polar surface area (TPSA) is 46.0 Å². The highest BCUT2D eigenvalue weighted by atomic mass is 35.5. The average molecular weight is 231 g/mol. The molecule has 1 N–H and O–H groups in total. The van der Waals surface area contributed by atoms with Gasteiger partial charge in [-0.05, 0) is 6.42 Å². The van der Waals surface area contributed by atoms with Crippen LogP contribution in [0.25, 0.3) is 0 Å². The Balaban J connectivity index is 2.95. The Kier molecular flexibility index (Phi) is 4.38. The molecule has 1 aromatic heterocycles. The molecule has 0 aliphatic rings. The van der Waals surface area contributed by atoms with Crippen molar-refractivity contribution in [3.05, 3.63) is 34.2 Å². The maximum atomic E-state index is 9.79. The molecule has 0 radical (unpaired) electrons. The van der Waals surface area contributed by atoms with E-state index in [4.69, 9.17) is 11.6 Å². The van der Waals surface area contributed by atoms with Gasteiger partial charge in [-0.2, -0.15) is 0 Å². The van der Waals surface area contributed by atoms with Gasteiger partial charge in [0, 0.05) is 16.7 Å². The molecule has 3 nitrogen and oxygen atoms in total. The van der Waals surface area contributed by atoms with Crippen molar-refractivity contribution in [3.63, 3.8) is 0 Å². The molecule has 0 fully saturated rings. The Labute approximate surface area is 93.3 Å². The van der Waals surface area contributed by atoms with Crippen molar-refractivity contribution in [3.8, 4) is 0 Å². The number of allylic oxidation sites excluding steroid dienone is 1. The van der Waals surface area contributed by atoms with Crippen molar-refractivity contribution in [2.24, 2.45) is 0 Å². The summed E-state index contributed by atoms with van der Waals surface area (Å²) in [7, 11) is 0. The highest BCUT2D eigenvalue weighted by Gasteiger charge is 2.14. The number of aliphatic hydroxyl groups is 1. The third kappa shape index (κ3) is 2.70. The minimum atomic E-state index is -0.841. The maximum absolute atomic E-state index is 9.79. The molecular weight excluding hydrogens is 220 g/mol. The molecule has 14 heavy (non-hydrogen) atoms. The highest BCUT2D eigenvalue weighted by Crippen LogP contribution is 2.27. The molecule has 0 aromatic carbocycles. The van der Waals surface area contributed by atoms with E-state index in [2.05, 4.69) is 22.6 Å². The quantitative estimate of drug-likeness (QED) is 0.619. The van der Waals surface area contributed by atoms with Crippen molar-refractivity contribution in [1.29, 1.82) is 0 Å². The smallest absolute Gasteiger partial charge is 0.138 e. The second kappa shape index (κ2) is 5.34. The monoisotopic (exact) mass is 230 g/mol. The summed E-state index contributed by atoms with van der Waals surface area (Å²) in [5.74, 6) is 0. The Morgan fingerprint density at radius 1 is 1.79 bits per heavy atom. The van der Waals surface area contributed by atoms with Crippen LogP contribution >= 0.6 is 24.2 Å². The number of hydrogen-bond acceptors (Lipinski definition) is 4. The van der Waals surface area contributed by atoms with Gasteiger partial charge in [0.15, 0.2) is 0 Å². The van der Waals surface area contributed by atoms with E-state index in [1.165, 1.54) is 12.5 Å². The first kappa shape index (κ1) is 11.5. The van der Waals surface area contributed by atoms with Gasteiger partial charge in [0.2, 0.25) is 0 Å². The number of thiol groups is 1. The van der Waals surface area contributed by atoms with Crippen LogP contribution < -0.4 is 0 Å². The van der Waals surface area contributed by atoms with E-state index in [0.717, 1.165) is 6.42 Å². The summed E-state index contributed by atoms with van der Waals surface area (Å²) in [5.41, 5.74) is 0.476. The van der Waals surface area contributed by atoms with E-state index in [-0.39, 0.29) is 5.15 Å². The molecule has 0 saturated heterocycles. The predicted molar refractivity (Wildman–Crippen MR) is 59.4 cm³/mol.